The lowest BCUT2D eigenvalue weighted by Gasteiger charge is -2.20. The first-order chi connectivity index (χ1) is 29.8. The van der Waals surface area contributed by atoms with Crippen molar-refractivity contribution in [1.82, 2.24) is 0 Å². The molecule has 0 heterocycles. The molecule has 16 heteroatoms. The molecular formula is C46H76O14P2. The van der Waals surface area contributed by atoms with Crippen molar-refractivity contribution in [2.45, 2.75) is 154 Å². The summed E-state index contributed by atoms with van der Waals surface area (Å²) < 4.78 is 47.6. The number of esters is 2. The number of allylic oxidation sites excluding steroid dienone is 15. The molecule has 5 N–H and O–H groups in total. The summed E-state index contributed by atoms with van der Waals surface area (Å²) in [5.74, 6) is -1.21. The number of aliphatic hydroxyl groups is 2. The zero-order valence-electron chi connectivity index (χ0n) is 37.0. The van der Waals surface area contributed by atoms with Gasteiger partial charge < -0.3 is 34.4 Å². The first kappa shape index (κ1) is 59.0. The smallest absolute Gasteiger partial charge is 0.462 e. The highest BCUT2D eigenvalue weighted by molar-refractivity contribution is 7.47. The van der Waals surface area contributed by atoms with Crippen LogP contribution < -0.4 is 0 Å². The van der Waals surface area contributed by atoms with Gasteiger partial charge in [0.15, 0.2) is 6.10 Å². The van der Waals surface area contributed by atoms with Crippen LogP contribution in [0.2, 0.25) is 0 Å². The van der Waals surface area contributed by atoms with Crippen molar-refractivity contribution < 1.29 is 66.7 Å². The monoisotopic (exact) mass is 914 g/mol. The average Bonchev–Trinajstić information content (AvgIpc) is 3.23. The van der Waals surface area contributed by atoms with Crippen LogP contribution >= 0.6 is 15.6 Å². The molecule has 0 aliphatic heterocycles. The molecule has 0 aromatic rings. The topological polar surface area (TPSA) is 216 Å². The van der Waals surface area contributed by atoms with E-state index in [2.05, 4.69) is 77.6 Å². The number of unbranched alkanes of at least 4 members (excludes halogenated alkanes) is 7. The van der Waals surface area contributed by atoms with Crippen LogP contribution in [0.15, 0.2) is 97.2 Å². The Morgan fingerprint density at radius 1 is 0.548 bits per heavy atom. The Kier molecular flexibility index (Phi) is 38.8. The van der Waals surface area contributed by atoms with Gasteiger partial charge in [0.05, 0.1) is 25.9 Å². The third-order valence-electron chi connectivity index (χ3n) is 8.56. The number of phosphoric ester groups is 2. The fourth-order valence-corrected chi connectivity index (χ4v) is 6.37. The Hall–Kier alpha value is -3.00. The quantitative estimate of drug-likeness (QED) is 0.0127. The van der Waals surface area contributed by atoms with Gasteiger partial charge in [0.1, 0.15) is 12.7 Å². The van der Waals surface area contributed by atoms with Crippen molar-refractivity contribution in [2.75, 3.05) is 26.4 Å². The van der Waals surface area contributed by atoms with E-state index in [0.717, 1.165) is 64.2 Å². The lowest BCUT2D eigenvalue weighted by Crippen LogP contribution is -2.29. The largest absolute Gasteiger partial charge is 0.472 e. The summed E-state index contributed by atoms with van der Waals surface area (Å²) >= 11 is 0. The van der Waals surface area contributed by atoms with Crippen molar-refractivity contribution in [1.29, 1.82) is 0 Å². The lowest BCUT2D eigenvalue weighted by atomic mass is 10.1. The van der Waals surface area contributed by atoms with E-state index in [-0.39, 0.29) is 12.8 Å². The van der Waals surface area contributed by atoms with Crippen LogP contribution in [0.1, 0.15) is 136 Å². The summed E-state index contributed by atoms with van der Waals surface area (Å²) in [5.41, 5.74) is 0. The van der Waals surface area contributed by atoms with Gasteiger partial charge in [-0.2, -0.15) is 0 Å². The highest BCUT2D eigenvalue weighted by Gasteiger charge is 2.28. The first-order valence-electron chi connectivity index (χ1n) is 22.0. The van der Waals surface area contributed by atoms with Crippen LogP contribution in [0.25, 0.3) is 0 Å². The van der Waals surface area contributed by atoms with Crippen LogP contribution in [0.3, 0.4) is 0 Å². The summed E-state index contributed by atoms with van der Waals surface area (Å²) in [4.78, 5) is 52.7. The Morgan fingerprint density at radius 2 is 1.10 bits per heavy atom. The van der Waals surface area contributed by atoms with Crippen LogP contribution in [0.5, 0.6) is 0 Å². The predicted molar refractivity (Wildman–Crippen MR) is 245 cm³/mol. The Balaban J connectivity index is 4.73. The zero-order chi connectivity index (χ0) is 46.0. The van der Waals surface area contributed by atoms with E-state index >= 15 is 0 Å². The molecule has 2 unspecified atom stereocenters. The maximum atomic E-state index is 12.7. The SMILES string of the molecule is CC/C=C/C/C=C/C=C/C(O)CCCCCCCC(=O)O[C@H](COC(=O)CC/C=C\C/C=C\C/C=C\C/C=C\C/C=C\CCCCC)COP(=O)(O)OC[C@@H](O)COP(=O)(O)O. The van der Waals surface area contributed by atoms with Crippen LogP contribution in [-0.4, -0.2) is 81.6 Å². The molecule has 0 rings (SSSR count). The van der Waals surface area contributed by atoms with E-state index in [0.29, 0.717) is 25.7 Å². The molecule has 62 heavy (non-hydrogen) atoms. The number of hydrogen-bond donors (Lipinski definition) is 5. The molecule has 0 bridgehead atoms. The molecule has 354 valence electrons. The van der Waals surface area contributed by atoms with Gasteiger partial charge in [0, 0.05) is 12.8 Å². The number of carbonyl (C=O) groups excluding carboxylic acids is 2. The molecule has 0 amide bonds. The summed E-state index contributed by atoms with van der Waals surface area (Å²) in [6.45, 7) is 1.39. The maximum Gasteiger partial charge on any atom is 0.472 e. The van der Waals surface area contributed by atoms with Crippen molar-refractivity contribution in [3.8, 4) is 0 Å². The molecule has 0 spiro atoms. The number of carbonyl (C=O) groups is 2. The van der Waals surface area contributed by atoms with Crippen LogP contribution in [-0.2, 0) is 41.8 Å². The minimum absolute atomic E-state index is 0.0405. The van der Waals surface area contributed by atoms with Crippen molar-refractivity contribution in [3.63, 3.8) is 0 Å². The van der Waals surface area contributed by atoms with E-state index in [9.17, 15) is 33.8 Å². The summed E-state index contributed by atoms with van der Waals surface area (Å²) in [7, 11) is -9.74. The van der Waals surface area contributed by atoms with Gasteiger partial charge in [0.25, 0.3) is 0 Å². The van der Waals surface area contributed by atoms with Crippen molar-refractivity contribution in [2.24, 2.45) is 0 Å². The van der Waals surface area contributed by atoms with Gasteiger partial charge in [0.2, 0.25) is 0 Å². The number of rotatable bonds is 40. The molecule has 0 saturated heterocycles. The van der Waals surface area contributed by atoms with Gasteiger partial charge in [-0.25, -0.2) is 9.13 Å². The van der Waals surface area contributed by atoms with Gasteiger partial charge in [-0.1, -0.05) is 150 Å². The minimum atomic E-state index is -4.89. The Bertz CT molecular complexity index is 1480. The lowest BCUT2D eigenvalue weighted by molar-refractivity contribution is -0.161. The van der Waals surface area contributed by atoms with E-state index in [4.69, 9.17) is 23.8 Å². The number of aliphatic hydroxyl groups excluding tert-OH is 2. The summed E-state index contributed by atoms with van der Waals surface area (Å²) in [5, 5.41) is 19.9. The molecule has 0 saturated carbocycles. The second-order valence-corrected chi connectivity index (χ2v) is 17.1. The standard InChI is InChI=1S/C46H76O14P2/c1-3-5-7-9-11-12-13-14-15-16-17-18-19-20-21-22-24-28-32-36-45(49)56-40-44(41-59-62(54,55)58-39-43(48)38-57-61(51,52)53)60-46(50)37-33-29-25-27-31-35-42(47)34-30-26-23-10-8-6-4-2/h6,8,11-12,14-15,17-18,20-21,23-24,26,28,30,34,42-44,47-48H,3-5,7,9-10,13,16,19,22,25,27,29,31-33,35-41H2,1-2H3,(H,54,55)(H2,51,52,53)/b8-6+,12-11-,15-14-,18-17-,21-20-,26-23+,28-24-,34-30+/t42?,43-,44+/m0/s1. The summed E-state index contributed by atoms with van der Waals surface area (Å²) in [6, 6.07) is 0. The van der Waals surface area contributed by atoms with Crippen molar-refractivity contribution >= 4 is 27.6 Å². The zero-order valence-corrected chi connectivity index (χ0v) is 38.8. The molecule has 0 aromatic carbocycles. The number of hydrogen-bond acceptors (Lipinski definition) is 11. The number of ether oxygens (including phenoxy) is 2. The Morgan fingerprint density at radius 3 is 1.73 bits per heavy atom. The second-order valence-electron chi connectivity index (χ2n) is 14.4. The van der Waals surface area contributed by atoms with Gasteiger partial charge in [-0.15, -0.1) is 0 Å². The van der Waals surface area contributed by atoms with Crippen LogP contribution in [0, 0.1) is 0 Å². The molecule has 0 radical (unpaired) electrons. The fourth-order valence-electron chi connectivity index (χ4n) is 5.22. The third-order valence-corrected chi connectivity index (χ3v) is 10.0. The van der Waals surface area contributed by atoms with E-state index in [1.165, 1.54) is 19.3 Å². The average molecular weight is 915 g/mol. The number of phosphoric acid groups is 2. The highest BCUT2D eigenvalue weighted by Crippen LogP contribution is 2.43. The van der Waals surface area contributed by atoms with Gasteiger partial charge >= 0.3 is 27.6 Å². The maximum absolute atomic E-state index is 12.7. The highest BCUT2D eigenvalue weighted by atomic mass is 31.2. The first-order valence-corrected chi connectivity index (χ1v) is 25.1. The van der Waals surface area contributed by atoms with Crippen molar-refractivity contribution in [3.05, 3.63) is 97.2 Å². The molecular weight excluding hydrogens is 838 g/mol. The Labute approximate surface area is 371 Å². The van der Waals surface area contributed by atoms with Gasteiger partial charge in [-0.05, 0) is 70.6 Å². The predicted octanol–water partition coefficient (Wildman–Crippen LogP) is 10.3. The molecule has 0 aromatic heterocycles. The molecule has 0 fully saturated rings. The fraction of sp³-hybridized carbons (Fsp3) is 0.609. The summed E-state index contributed by atoms with van der Waals surface area (Å²) in [6.07, 6.45) is 44.3. The minimum Gasteiger partial charge on any atom is -0.462 e. The second kappa shape index (κ2) is 40.8. The molecule has 14 nitrogen and oxygen atoms in total. The third kappa shape index (κ3) is 43.6. The molecule has 0 aliphatic rings. The molecule has 0 aliphatic carbocycles. The van der Waals surface area contributed by atoms with Crippen LogP contribution in [0.4, 0.5) is 0 Å². The van der Waals surface area contributed by atoms with E-state index in [1.54, 1.807) is 6.08 Å². The van der Waals surface area contributed by atoms with Gasteiger partial charge in [-0.3, -0.25) is 23.2 Å². The van der Waals surface area contributed by atoms with E-state index < -0.39 is 72.3 Å². The normalized spacial score (nSPS) is 15.4. The molecule has 4 atom stereocenters. The van der Waals surface area contributed by atoms with E-state index in [1.807, 2.05) is 36.5 Å².